The van der Waals surface area contributed by atoms with E-state index in [1.54, 1.807) is 0 Å². The monoisotopic (exact) mass is 121 g/mol. The SMILES string of the molecule is CC1=CCC(C=O)=C[CH]1. The van der Waals surface area contributed by atoms with Gasteiger partial charge in [-0.25, -0.2) is 0 Å². The highest BCUT2D eigenvalue weighted by molar-refractivity contribution is 5.75. The summed E-state index contributed by atoms with van der Waals surface area (Å²) in [6, 6.07) is 0. The maximum absolute atomic E-state index is 10.1. The summed E-state index contributed by atoms with van der Waals surface area (Å²) in [7, 11) is 0. The standard InChI is InChI=1S/C8H9O/c1-7-2-4-8(6-9)5-3-7/h2-4,6H,5H2,1H3. The highest BCUT2D eigenvalue weighted by Gasteiger charge is 1.99. The molecule has 1 radical (unpaired) electrons. The summed E-state index contributed by atoms with van der Waals surface area (Å²) >= 11 is 0. The van der Waals surface area contributed by atoms with Gasteiger partial charge in [-0.3, -0.25) is 4.79 Å². The second kappa shape index (κ2) is 2.62. The van der Waals surface area contributed by atoms with Crippen LogP contribution in [0.4, 0.5) is 0 Å². The summed E-state index contributed by atoms with van der Waals surface area (Å²) in [6.07, 6.45) is 7.56. The van der Waals surface area contributed by atoms with Crippen molar-refractivity contribution < 1.29 is 4.79 Å². The van der Waals surface area contributed by atoms with Gasteiger partial charge < -0.3 is 0 Å². The maximum Gasteiger partial charge on any atom is 0.146 e. The van der Waals surface area contributed by atoms with E-state index in [2.05, 4.69) is 0 Å². The van der Waals surface area contributed by atoms with Gasteiger partial charge in [0.15, 0.2) is 0 Å². The van der Waals surface area contributed by atoms with E-state index in [1.165, 1.54) is 5.57 Å². The van der Waals surface area contributed by atoms with E-state index in [0.717, 1.165) is 18.3 Å². The van der Waals surface area contributed by atoms with Crippen LogP contribution in [-0.2, 0) is 4.79 Å². The minimum Gasteiger partial charge on any atom is -0.298 e. The second-order valence-electron chi connectivity index (χ2n) is 2.18. The van der Waals surface area contributed by atoms with E-state index in [4.69, 9.17) is 0 Å². The van der Waals surface area contributed by atoms with Crippen molar-refractivity contribution in [3.05, 3.63) is 29.7 Å². The fourth-order valence-electron chi connectivity index (χ4n) is 0.741. The van der Waals surface area contributed by atoms with Gasteiger partial charge in [0.05, 0.1) is 0 Å². The molecule has 0 spiro atoms. The number of hydrogen-bond donors (Lipinski definition) is 0. The van der Waals surface area contributed by atoms with Gasteiger partial charge in [-0.05, 0) is 18.9 Å². The summed E-state index contributed by atoms with van der Waals surface area (Å²) in [5, 5.41) is 0. The van der Waals surface area contributed by atoms with Crippen LogP contribution in [0, 0.1) is 6.42 Å². The molecule has 0 aromatic rings. The third-order valence-electron chi connectivity index (χ3n) is 1.37. The molecule has 0 fully saturated rings. The molecule has 0 aromatic carbocycles. The van der Waals surface area contributed by atoms with Crippen molar-refractivity contribution in [1.82, 2.24) is 0 Å². The largest absolute Gasteiger partial charge is 0.298 e. The van der Waals surface area contributed by atoms with Crippen LogP contribution in [-0.4, -0.2) is 6.29 Å². The lowest BCUT2D eigenvalue weighted by Gasteiger charge is -2.03. The van der Waals surface area contributed by atoms with E-state index in [0.29, 0.717) is 0 Å². The highest BCUT2D eigenvalue weighted by Crippen LogP contribution is 2.13. The van der Waals surface area contributed by atoms with Crippen molar-refractivity contribution in [3.63, 3.8) is 0 Å². The predicted octanol–water partition coefficient (Wildman–Crippen LogP) is 1.67. The number of hydrogen-bond acceptors (Lipinski definition) is 1. The zero-order chi connectivity index (χ0) is 6.69. The molecule has 0 unspecified atom stereocenters. The Bertz CT molecular complexity index is 175. The molecule has 1 heteroatoms. The fraction of sp³-hybridized carbons (Fsp3) is 0.250. The first-order chi connectivity index (χ1) is 4.33. The Morgan fingerprint density at radius 3 is 2.89 bits per heavy atom. The van der Waals surface area contributed by atoms with Gasteiger partial charge in [0, 0.05) is 6.42 Å². The molecule has 1 aliphatic carbocycles. The molecule has 0 aliphatic heterocycles. The molecule has 0 N–H and O–H groups in total. The summed E-state index contributed by atoms with van der Waals surface area (Å²) < 4.78 is 0. The van der Waals surface area contributed by atoms with Crippen molar-refractivity contribution in [2.24, 2.45) is 0 Å². The summed E-state index contributed by atoms with van der Waals surface area (Å²) in [4.78, 5) is 10.1. The van der Waals surface area contributed by atoms with E-state index < -0.39 is 0 Å². The van der Waals surface area contributed by atoms with E-state index in [-0.39, 0.29) is 0 Å². The number of carbonyl (C=O) groups excluding carboxylic acids is 1. The lowest BCUT2D eigenvalue weighted by Crippen LogP contribution is -1.90. The van der Waals surface area contributed by atoms with Gasteiger partial charge in [0.2, 0.25) is 0 Å². The number of allylic oxidation sites excluding steroid dienone is 4. The first kappa shape index (κ1) is 6.27. The lowest BCUT2D eigenvalue weighted by molar-refractivity contribution is -0.105. The molecular formula is C8H9O. The first-order valence-electron chi connectivity index (χ1n) is 2.99. The first-order valence-corrected chi connectivity index (χ1v) is 2.99. The quantitative estimate of drug-likeness (QED) is 0.482. The van der Waals surface area contributed by atoms with Crippen LogP contribution in [0.3, 0.4) is 0 Å². The van der Waals surface area contributed by atoms with Crippen LogP contribution in [0.5, 0.6) is 0 Å². The van der Waals surface area contributed by atoms with Gasteiger partial charge in [0.25, 0.3) is 0 Å². The Kier molecular flexibility index (Phi) is 1.83. The summed E-state index contributed by atoms with van der Waals surface area (Å²) in [6.45, 7) is 2.03. The van der Waals surface area contributed by atoms with Crippen LogP contribution in [0.15, 0.2) is 23.3 Å². The molecule has 1 aliphatic rings. The van der Waals surface area contributed by atoms with Gasteiger partial charge in [-0.2, -0.15) is 0 Å². The molecule has 1 rings (SSSR count). The van der Waals surface area contributed by atoms with Gasteiger partial charge in [-0.15, -0.1) is 0 Å². The average Bonchev–Trinajstić information content (AvgIpc) is 1.90. The van der Waals surface area contributed by atoms with E-state index in [1.807, 2.05) is 25.5 Å². The minimum absolute atomic E-state index is 0.797. The normalized spacial score (nSPS) is 18.3. The fourth-order valence-corrected chi connectivity index (χ4v) is 0.741. The zero-order valence-electron chi connectivity index (χ0n) is 5.42. The Hall–Kier alpha value is -0.850. The van der Waals surface area contributed by atoms with E-state index in [9.17, 15) is 4.79 Å². The molecule has 1 nitrogen and oxygen atoms in total. The third kappa shape index (κ3) is 1.53. The summed E-state index contributed by atoms with van der Waals surface area (Å²) in [5.41, 5.74) is 2.10. The highest BCUT2D eigenvalue weighted by atomic mass is 16.1. The number of carbonyl (C=O) groups is 1. The Labute approximate surface area is 55.1 Å². The van der Waals surface area contributed by atoms with Crippen molar-refractivity contribution in [2.75, 3.05) is 0 Å². The van der Waals surface area contributed by atoms with Gasteiger partial charge in [-0.1, -0.05) is 17.7 Å². The topological polar surface area (TPSA) is 17.1 Å². The molecule has 0 bridgehead atoms. The molecule has 0 amide bonds. The van der Waals surface area contributed by atoms with Crippen LogP contribution >= 0.6 is 0 Å². The molecule has 0 aromatic heterocycles. The number of aldehydes is 1. The van der Waals surface area contributed by atoms with Crippen molar-refractivity contribution in [1.29, 1.82) is 0 Å². The van der Waals surface area contributed by atoms with E-state index >= 15 is 0 Å². The van der Waals surface area contributed by atoms with Crippen LogP contribution in [0.1, 0.15) is 13.3 Å². The number of rotatable bonds is 1. The molecule has 0 heterocycles. The minimum atomic E-state index is 0.797. The molecular weight excluding hydrogens is 112 g/mol. The Morgan fingerprint density at radius 1 is 1.67 bits per heavy atom. The Morgan fingerprint density at radius 2 is 2.44 bits per heavy atom. The average molecular weight is 121 g/mol. The second-order valence-corrected chi connectivity index (χ2v) is 2.18. The summed E-state index contributed by atoms with van der Waals surface area (Å²) in [5.74, 6) is 0. The zero-order valence-corrected chi connectivity index (χ0v) is 5.42. The Balaban J connectivity index is 2.58. The van der Waals surface area contributed by atoms with Crippen molar-refractivity contribution in [2.45, 2.75) is 13.3 Å². The van der Waals surface area contributed by atoms with Crippen LogP contribution in [0.25, 0.3) is 0 Å². The predicted molar refractivity (Wildman–Crippen MR) is 36.8 cm³/mol. The molecule has 9 heavy (non-hydrogen) atoms. The molecule has 0 saturated carbocycles. The lowest BCUT2D eigenvalue weighted by atomic mass is 10.0. The van der Waals surface area contributed by atoms with Gasteiger partial charge in [0.1, 0.15) is 6.29 Å². The maximum atomic E-state index is 10.1. The van der Waals surface area contributed by atoms with Crippen molar-refractivity contribution >= 4 is 6.29 Å². The molecule has 0 saturated heterocycles. The smallest absolute Gasteiger partial charge is 0.146 e. The molecule has 0 atom stereocenters. The van der Waals surface area contributed by atoms with Crippen LogP contribution in [0.2, 0.25) is 0 Å². The van der Waals surface area contributed by atoms with Gasteiger partial charge >= 0.3 is 0 Å². The van der Waals surface area contributed by atoms with Crippen molar-refractivity contribution in [3.8, 4) is 0 Å². The van der Waals surface area contributed by atoms with Crippen LogP contribution < -0.4 is 0 Å². The molecule has 47 valence electrons. The third-order valence-corrected chi connectivity index (χ3v) is 1.37.